The summed E-state index contributed by atoms with van der Waals surface area (Å²) in [4.78, 5) is 1.49. The first-order valence-corrected chi connectivity index (χ1v) is 9.22. The lowest BCUT2D eigenvalue weighted by molar-refractivity contribution is 0.411. The highest BCUT2D eigenvalue weighted by Gasteiger charge is 2.19. The zero-order valence-corrected chi connectivity index (χ0v) is 15.5. The summed E-state index contributed by atoms with van der Waals surface area (Å²) in [6.07, 6.45) is 1.14. The fourth-order valence-corrected chi connectivity index (χ4v) is 5.27. The maximum Gasteiger partial charge on any atom is 0.0880 e. The number of benzene rings is 1. The predicted molar refractivity (Wildman–Crippen MR) is 99.1 cm³/mol. The quantitative estimate of drug-likeness (QED) is 0.453. The first-order valence-electron chi connectivity index (χ1n) is 7.59. The Kier molecular flexibility index (Phi) is 3.46. The highest BCUT2D eigenvalue weighted by atomic mass is 32.2. The van der Waals surface area contributed by atoms with E-state index in [0.29, 0.717) is 5.41 Å². The zero-order chi connectivity index (χ0) is 15.4. The van der Waals surface area contributed by atoms with E-state index in [4.69, 9.17) is 0 Å². The third-order valence-electron chi connectivity index (χ3n) is 3.71. The highest BCUT2D eigenvalue weighted by molar-refractivity contribution is 7.41. The Balaban J connectivity index is 2.14. The summed E-state index contributed by atoms with van der Waals surface area (Å²) < 4.78 is 2.90. The lowest BCUT2D eigenvalue weighted by Gasteiger charge is -2.18. The smallest absolute Gasteiger partial charge is 0.0880 e. The molecule has 3 rings (SSSR count). The number of rotatable bonds is 1. The van der Waals surface area contributed by atoms with Gasteiger partial charge in [0.1, 0.15) is 0 Å². The number of hydrogen-bond acceptors (Lipinski definition) is 2. The summed E-state index contributed by atoms with van der Waals surface area (Å²) in [5.41, 5.74) is 2.05. The number of fused-ring (bicyclic) bond motifs is 3. The van der Waals surface area contributed by atoms with Crippen molar-refractivity contribution < 1.29 is 0 Å². The van der Waals surface area contributed by atoms with Crippen molar-refractivity contribution in [3.8, 4) is 0 Å². The minimum Gasteiger partial charge on any atom is -0.129 e. The number of thiophene rings is 2. The van der Waals surface area contributed by atoms with Crippen molar-refractivity contribution in [3.05, 3.63) is 34.7 Å². The SMILES string of the molecule is CC(C)(C)Cc1ccc2sc3sc(C(C)(C)C)cc3c2c1. The van der Waals surface area contributed by atoms with Crippen LogP contribution < -0.4 is 0 Å². The molecule has 0 atom stereocenters. The normalized spacial score (nSPS) is 13.4. The van der Waals surface area contributed by atoms with E-state index in [-0.39, 0.29) is 5.41 Å². The van der Waals surface area contributed by atoms with Crippen LogP contribution in [0.4, 0.5) is 0 Å². The Morgan fingerprint density at radius 2 is 1.57 bits per heavy atom. The third kappa shape index (κ3) is 3.02. The molecule has 0 amide bonds. The van der Waals surface area contributed by atoms with Crippen molar-refractivity contribution >= 4 is 42.2 Å². The van der Waals surface area contributed by atoms with Gasteiger partial charge in [-0.1, -0.05) is 47.6 Å². The summed E-state index contributed by atoms with van der Waals surface area (Å²) in [7, 11) is 0. The summed E-state index contributed by atoms with van der Waals surface area (Å²) >= 11 is 3.91. The standard InChI is InChI=1S/C19H24S2/c1-18(2,3)11-12-7-8-15-13(9-12)14-10-16(19(4,5)6)21-17(14)20-15/h7-10H,11H2,1-6H3. The molecule has 0 aliphatic heterocycles. The molecule has 0 saturated heterocycles. The van der Waals surface area contributed by atoms with Crippen molar-refractivity contribution in [1.29, 1.82) is 0 Å². The molecule has 0 bridgehead atoms. The van der Waals surface area contributed by atoms with Crippen LogP contribution in [0.2, 0.25) is 0 Å². The molecule has 2 heteroatoms. The fraction of sp³-hybridized carbons (Fsp3) is 0.474. The van der Waals surface area contributed by atoms with Crippen molar-refractivity contribution in [2.75, 3.05) is 0 Å². The van der Waals surface area contributed by atoms with E-state index >= 15 is 0 Å². The van der Waals surface area contributed by atoms with Crippen LogP contribution in [0.5, 0.6) is 0 Å². The second-order valence-corrected chi connectivity index (χ2v) is 10.6. The predicted octanol–water partition coefficient (Wildman–Crippen LogP) is 7.00. The van der Waals surface area contributed by atoms with Crippen LogP contribution >= 0.6 is 22.7 Å². The van der Waals surface area contributed by atoms with E-state index in [1.54, 1.807) is 0 Å². The molecule has 0 saturated carbocycles. The maximum atomic E-state index is 2.42. The Labute approximate surface area is 135 Å². The second kappa shape index (κ2) is 4.82. The number of hydrogen-bond donors (Lipinski definition) is 0. The van der Waals surface area contributed by atoms with Crippen LogP contribution in [0.1, 0.15) is 52.0 Å². The summed E-state index contributed by atoms with van der Waals surface area (Å²) in [6, 6.07) is 9.45. The van der Waals surface area contributed by atoms with Crippen molar-refractivity contribution in [1.82, 2.24) is 0 Å². The molecule has 0 aliphatic rings. The second-order valence-electron chi connectivity index (χ2n) is 8.23. The van der Waals surface area contributed by atoms with Gasteiger partial charge in [0.05, 0.1) is 4.01 Å². The van der Waals surface area contributed by atoms with Gasteiger partial charge in [-0.05, 0) is 41.0 Å². The summed E-state index contributed by atoms with van der Waals surface area (Å²) in [5, 5.41) is 2.91. The van der Waals surface area contributed by atoms with Gasteiger partial charge in [-0.3, -0.25) is 0 Å². The lowest BCUT2D eigenvalue weighted by Crippen LogP contribution is -2.08. The zero-order valence-electron chi connectivity index (χ0n) is 13.8. The molecule has 0 radical (unpaired) electrons. The molecule has 0 fully saturated rings. The molecule has 0 N–H and O–H groups in total. The topological polar surface area (TPSA) is 0 Å². The van der Waals surface area contributed by atoms with Gasteiger partial charge in [0.25, 0.3) is 0 Å². The van der Waals surface area contributed by atoms with Crippen molar-refractivity contribution in [2.45, 2.75) is 53.4 Å². The summed E-state index contributed by atoms with van der Waals surface area (Å²) in [5.74, 6) is 0. The Morgan fingerprint density at radius 3 is 2.19 bits per heavy atom. The monoisotopic (exact) mass is 316 g/mol. The van der Waals surface area contributed by atoms with Gasteiger partial charge in [-0.2, -0.15) is 0 Å². The van der Waals surface area contributed by atoms with Crippen LogP contribution in [0.3, 0.4) is 0 Å². The van der Waals surface area contributed by atoms with E-state index in [1.807, 2.05) is 22.7 Å². The Bertz CT molecular complexity index is 789. The van der Waals surface area contributed by atoms with Crippen LogP contribution in [-0.4, -0.2) is 0 Å². The minimum absolute atomic E-state index is 0.249. The molecule has 0 aliphatic carbocycles. The van der Waals surface area contributed by atoms with Gasteiger partial charge >= 0.3 is 0 Å². The molecule has 3 aromatic rings. The average molecular weight is 317 g/mol. The molecule has 2 heterocycles. The van der Waals surface area contributed by atoms with Gasteiger partial charge in [-0.15, -0.1) is 22.7 Å². The van der Waals surface area contributed by atoms with Gasteiger partial charge in [0.2, 0.25) is 0 Å². The maximum absolute atomic E-state index is 2.42. The van der Waals surface area contributed by atoms with Crippen LogP contribution in [0.15, 0.2) is 24.3 Å². The largest absolute Gasteiger partial charge is 0.129 e. The van der Waals surface area contributed by atoms with Crippen LogP contribution in [0, 0.1) is 5.41 Å². The molecule has 2 aromatic heterocycles. The van der Waals surface area contributed by atoms with Crippen LogP contribution in [-0.2, 0) is 11.8 Å². The molecule has 0 spiro atoms. The van der Waals surface area contributed by atoms with E-state index in [2.05, 4.69) is 65.8 Å². The Hall–Kier alpha value is -0.860. The molecule has 0 unspecified atom stereocenters. The molecule has 1 aromatic carbocycles. The molecule has 112 valence electrons. The van der Waals surface area contributed by atoms with Gasteiger partial charge < -0.3 is 0 Å². The van der Waals surface area contributed by atoms with Crippen LogP contribution in [0.25, 0.3) is 19.5 Å². The van der Waals surface area contributed by atoms with Gasteiger partial charge in [0.15, 0.2) is 0 Å². The van der Waals surface area contributed by atoms with Crippen molar-refractivity contribution in [3.63, 3.8) is 0 Å². The first kappa shape index (κ1) is 15.1. The first-order chi connectivity index (χ1) is 9.63. The van der Waals surface area contributed by atoms with E-state index < -0.39 is 0 Å². The third-order valence-corrected chi connectivity index (χ3v) is 6.55. The van der Waals surface area contributed by atoms with E-state index in [9.17, 15) is 0 Å². The Morgan fingerprint density at radius 1 is 0.857 bits per heavy atom. The van der Waals surface area contributed by atoms with E-state index in [0.717, 1.165) is 6.42 Å². The molecule has 21 heavy (non-hydrogen) atoms. The van der Waals surface area contributed by atoms with E-state index in [1.165, 1.54) is 29.9 Å². The minimum atomic E-state index is 0.249. The average Bonchev–Trinajstić information content (AvgIpc) is 2.83. The fourth-order valence-electron chi connectivity index (χ4n) is 2.71. The highest BCUT2D eigenvalue weighted by Crippen LogP contribution is 2.43. The summed E-state index contributed by atoms with van der Waals surface area (Å²) in [6.45, 7) is 13.8. The van der Waals surface area contributed by atoms with Gasteiger partial charge in [-0.25, -0.2) is 0 Å². The molecular formula is C19H24S2. The molecule has 0 nitrogen and oxygen atoms in total. The molecular weight excluding hydrogens is 292 g/mol. The lowest BCUT2D eigenvalue weighted by atomic mass is 9.88. The van der Waals surface area contributed by atoms with Crippen molar-refractivity contribution in [2.24, 2.45) is 5.41 Å². The van der Waals surface area contributed by atoms with Gasteiger partial charge in [0, 0.05) is 20.3 Å².